The van der Waals surface area contributed by atoms with Crippen LogP contribution in [-0.4, -0.2) is 28.4 Å². The van der Waals surface area contributed by atoms with E-state index in [1.165, 1.54) is 12.1 Å². The van der Waals surface area contributed by atoms with E-state index in [0.29, 0.717) is 5.69 Å². The number of halogens is 1. The minimum Gasteiger partial charge on any atom is -0.398 e. The molecule has 1 aliphatic heterocycles. The Morgan fingerprint density at radius 2 is 1.74 bits per heavy atom. The third-order valence-corrected chi connectivity index (χ3v) is 3.80. The molecule has 4 nitrogen and oxygen atoms in total. The number of aliphatic hydroxyl groups is 1. The summed E-state index contributed by atoms with van der Waals surface area (Å²) in [5, 5.41) is 9.52. The van der Waals surface area contributed by atoms with Crippen molar-refractivity contribution >= 4 is 12.7 Å². The molecule has 0 spiro atoms. The topological polar surface area (TPSA) is 51.6 Å². The van der Waals surface area contributed by atoms with E-state index in [1.807, 2.05) is 27.7 Å². The van der Waals surface area contributed by atoms with Gasteiger partial charge >= 0.3 is 7.12 Å². The van der Waals surface area contributed by atoms with Crippen molar-refractivity contribution in [2.24, 2.45) is 0 Å². The number of hydrogen-bond acceptors (Lipinski definition) is 4. The lowest BCUT2D eigenvalue weighted by molar-refractivity contribution is 0.00578. The highest BCUT2D eigenvalue weighted by atomic mass is 19.1. The monoisotopic (exact) mass is 267 g/mol. The van der Waals surface area contributed by atoms with Crippen molar-refractivity contribution in [2.75, 3.05) is 0 Å². The maximum absolute atomic E-state index is 13.9. The molecule has 0 bridgehead atoms. The molecule has 0 aromatic carbocycles. The summed E-state index contributed by atoms with van der Waals surface area (Å²) in [5.41, 5.74) is -0.623. The second-order valence-electron chi connectivity index (χ2n) is 5.87. The molecule has 0 radical (unpaired) electrons. The number of aromatic nitrogens is 1. The van der Waals surface area contributed by atoms with Crippen molar-refractivity contribution in [3.8, 4) is 0 Å². The summed E-state index contributed by atoms with van der Waals surface area (Å²) in [7, 11) is -0.858. The van der Waals surface area contributed by atoms with Crippen LogP contribution in [-0.2, 0) is 9.31 Å². The zero-order chi connectivity index (χ0) is 14.4. The number of nitrogens with zero attached hydrogens (tertiary/aromatic N) is 1. The Bertz CT molecular complexity index is 475. The number of aliphatic hydroxyl groups excluding tert-OH is 1. The van der Waals surface area contributed by atoms with Gasteiger partial charge in [-0.3, -0.25) is 4.98 Å². The van der Waals surface area contributed by atoms with Gasteiger partial charge in [-0.2, -0.15) is 0 Å². The Kier molecular flexibility index (Phi) is 3.45. The fraction of sp³-hybridized carbons (Fsp3) is 0.615. The van der Waals surface area contributed by atoms with Crippen molar-refractivity contribution < 1.29 is 18.8 Å². The fourth-order valence-electron chi connectivity index (χ4n) is 1.83. The Morgan fingerprint density at radius 3 is 2.21 bits per heavy atom. The zero-order valence-corrected chi connectivity index (χ0v) is 11.9. The highest BCUT2D eigenvalue weighted by molar-refractivity contribution is 6.61. The van der Waals surface area contributed by atoms with Crippen LogP contribution in [0.2, 0.25) is 0 Å². The van der Waals surface area contributed by atoms with Crippen LogP contribution in [0.4, 0.5) is 4.39 Å². The van der Waals surface area contributed by atoms with Crippen molar-refractivity contribution in [3.05, 3.63) is 23.6 Å². The molecule has 6 heteroatoms. The van der Waals surface area contributed by atoms with Gasteiger partial charge in [-0.15, -0.1) is 0 Å². The summed E-state index contributed by atoms with van der Waals surface area (Å²) in [6.45, 7) is 9.15. The Labute approximate surface area is 113 Å². The molecule has 1 fully saturated rings. The summed E-state index contributed by atoms with van der Waals surface area (Å²) in [4.78, 5) is 4.11. The average Bonchev–Trinajstić information content (AvgIpc) is 2.48. The lowest BCUT2D eigenvalue weighted by Crippen LogP contribution is -2.41. The van der Waals surface area contributed by atoms with Gasteiger partial charge < -0.3 is 14.4 Å². The summed E-state index contributed by atoms with van der Waals surface area (Å²) in [6, 6.07) is 2.73. The lowest BCUT2D eigenvalue weighted by Gasteiger charge is -2.32. The van der Waals surface area contributed by atoms with Crippen LogP contribution in [0.15, 0.2) is 12.1 Å². The minimum absolute atomic E-state index is 0.0806. The van der Waals surface area contributed by atoms with Gasteiger partial charge in [0.25, 0.3) is 0 Å². The van der Waals surface area contributed by atoms with Crippen molar-refractivity contribution in [1.29, 1.82) is 0 Å². The van der Waals surface area contributed by atoms with Crippen LogP contribution < -0.4 is 5.59 Å². The molecule has 0 saturated carbocycles. The molecule has 1 saturated heterocycles. The van der Waals surface area contributed by atoms with Gasteiger partial charge in [0.1, 0.15) is 11.4 Å². The number of hydrogen-bond donors (Lipinski definition) is 1. The third-order valence-electron chi connectivity index (χ3n) is 3.80. The van der Waals surface area contributed by atoms with E-state index < -0.39 is 30.2 Å². The van der Waals surface area contributed by atoms with E-state index in [2.05, 4.69) is 4.98 Å². The molecule has 1 aromatic heterocycles. The molecule has 2 heterocycles. The van der Waals surface area contributed by atoms with E-state index >= 15 is 0 Å². The first-order chi connectivity index (χ1) is 8.64. The molecule has 0 amide bonds. The Hall–Kier alpha value is -0.975. The molecule has 1 N–H and O–H groups in total. The normalized spacial score (nSPS) is 22.6. The molecule has 1 aromatic rings. The molecule has 0 aliphatic carbocycles. The average molecular weight is 267 g/mol. The first kappa shape index (κ1) is 14.4. The summed E-state index contributed by atoms with van der Waals surface area (Å²) in [5.74, 6) is -0.497. The van der Waals surface area contributed by atoms with E-state index in [1.54, 1.807) is 6.92 Å². The number of rotatable bonds is 2. The maximum atomic E-state index is 13.9. The molecule has 1 unspecified atom stereocenters. The predicted octanol–water partition coefficient (Wildman–Crippen LogP) is 1.57. The SMILES string of the molecule is CC(O)c1ccc(F)c(B2OC(C)(C)C(C)(C)O2)n1. The first-order valence-electron chi connectivity index (χ1n) is 6.34. The molecule has 19 heavy (non-hydrogen) atoms. The lowest BCUT2D eigenvalue weighted by atomic mass is 9.83. The van der Waals surface area contributed by atoms with Gasteiger partial charge in [0, 0.05) is 0 Å². The largest absolute Gasteiger partial charge is 0.517 e. The van der Waals surface area contributed by atoms with Gasteiger partial charge in [-0.05, 0) is 46.8 Å². The molecule has 104 valence electrons. The van der Waals surface area contributed by atoms with Crippen LogP contribution in [0, 0.1) is 5.82 Å². The highest BCUT2D eigenvalue weighted by Gasteiger charge is 2.53. The van der Waals surface area contributed by atoms with Crippen LogP contribution in [0.1, 0.15) is 46.4 Å². The second-order valence-corrected chi connectivity index (χ2v) is 5.87. The summed E-state index contributed by atoms with van der Waals surface area (Å²) >= 11 is 0. The second kappa shape index (κ2) is 4.54. The predicted molar refractivity (Wildman–Crippen MR) is 70.5 cm³/mol. The number of pyridine rings is 1. The first-order valence-corrected chi connectivity index (χ1v) is 6.34. The van der Waals surface area contributed by atoms with Crippen LogP contribution in [0.5, 0.6) is 0 Å². The fourth-order valence-corrected chi connectivity index (χ4v) is 1.83. The molecular weight excluding hydrogens is 248 g/mol. The summed E-state index contributed by atoms with van der Waals surface area (Å²) in [6.07, 6.45) is -0.762. The molecule has 1 atom stereocenters. The van der Waals surface area contributed by atoms with Crippen LogP contribution in [0.25, 0.3) is 0 Å². The Balaban J connectivity index is 2.36. The van der Waals surface area contributed by atoms with E-state index in [-0.39, 0.29) is 5.59 Å². The standard InChI is InChI=1S/C13H19BFNO3/c1-8(17)10-7-6-9(15)11(16-10)14-18-12(2,3)13(4,5)19-14/h6-8,17H,1-5H3. The van der Waals surface area contributed by atoms with Crippen molar-refractivity contribution in [1.82, 2.24) is 4.98 Å². The van der Waals surface area contributed by atoms with Crippen LogP contribution in [0.3, 0.4) is 0 Å². The van der Waals surface area contributed by atoms with Crippen molar-refractivity contribution in [3.63, 3.8) is 0 Å². The van der Waals surface area contributed by atoms with Gasteiger partial charge in [0.2, 0.25) is 0 Å². The third kappa shape index (κ3) is 2.52. The summed E-state index contributed by atoms with van der Waals surface area (Å²) < 4.78 is 25.4. The van der Waals surface area contributed by atoms with Gasteiger partial charge in [0.05, 0.1) is 23.0 Å². The Morgan fingerprint density at radius 1 is 1.21 bits per heavy atom. The smallest absolute Gasteiger partial charge is 0.398 e. The van der Waals surface area contributed by atoms with E-state index in [0.717, 1.165) is 0 Å². The van der Waals surface area contributed by atoms with Gasteiger partial charge in [-0.1, -0.05) is 0 Å². The van der Waals surface area contributed by atoms with Crippen molar-refractivity contribution in [2.45, 2.75) is 51.9 Å². The van der Waals surface area contributed by atoms with E-state index in [9.17, 15) is 9.50 Å². The molecular formula is C13H19BFNO3. The highest BCUT2D eigenvalue weighted by Crippen LogP contribution is 2.36. The van der Waals surface area contributed by atoms with Gasteiger partial charge in [0.15, 0.2) is 0 Å². The zero-order valence-electron chi connectivity index (χ0n) is 11.9. The van der Waals surface area contributed by atoms with Crippen LogP contribution >= 0.6 is 0 Å². The maximum Gasteiger partial charge on any atom is 0.517 e. The quantitative estimate of drug-likeness (QED) is 0.826. The molecule has 2 rings (SSSR count). The van der Waals surface area contributed by atoms with Gasteiger partial charge in [-0.25, -0.2) is 4.39 Å². The van der Waals surface area contributed by atoms with E-state index in [4.69, 9.17) is 9.31 Å². The minimum atomic E-state index is -0.858. The molecule has 1 aliphatic rings.